The Morgan fingerprint density at radius 2 is 1.11 bits per heavy atom. The lowest BCUT2D eigenvalue weighted by Crippen LogP contribution is -1.94. The van der Waals surface area contributed by atoms with E-state index in [1.54, 1.807) is 27.7 Å². The third-order valence-corrected chi connectivity index (χ3v) is 1.03. The molecule has 0 radical (unpaired) electrons. The summed E-state index contributed by atoms with van der Waals surface area (Å²) in [5.74, 6) is -3.31. The van der Waals surface area contributed by atoms with Gasteiger partial charge in [-0.1, -0.05) is 0 Å². The average Bonchev–Trinajstić information content (AvgIpc) is 2.63. The van der Waals surface area contributed by atoms with Crippen molar-refractivity contribution in [3.63, 3.8) is 0 Å². The maximum absolute atomic E-state index is 10.2. The maximum atomic E-state index is 10.2. The standard InChI is InChI=1S/C6H4O5.2C3H8O/c7-5(8)3-1-2-4(11-3)6(9)10;2*1-3(2)4/h1-2H,(H,7,8)(H,9,10);2*3-4H,1-2H3. The van der Waals surface area contributed by atoms with Crippen LogP contribution in [0.4, 0.5) is 0 Å². The molecule has 1 aromatic rings. The van der Waals surface area contributed by atoms with Crippen molar-refractivity contribution in [2.24, 2.45) is 0 Å². The van der Waals surface area contributed by atoms with E-state index < -0.39 is 11.9 Å². The van der Waals surface area contributed by atoms with Crippen LogP contribution in [0.25, 0.3) is 0 Å². The largest absolute Gasteiger partial charge is 0.475 e. The van der Waals surface area contributed by atoms with Gasteiger partial charge in [-0.3, -0.25) is 0 Å². The van der Waals surface area contributed by atoms with Crippen LogP contribution in [0.5, 0.6) is 0 Å². The van der Waals surface area contributed by atoms with E-state index in [2.05, 4.69) is 4.42 Å². The van der Waals surface area contributed by atoms with Crippen LogP contribution in [0, 0.1) is 0 Å². The van der Waals surface area contributed by atoms with Gasteiger partial charge in [0.05, 0.1) is 0 Å². The zero-order valence-corrected chi connectivity index (χ0v) is 11.3. The van der Waals surface area contributed by atoms with Gasteiger partial charge < -0.3 is 24.8 Å². The molecule has 0 unspecified atom stereocenters. The van der Waals surface area contributed by atoms with Gasteiger partial charge >= 0.3 is 11.9 Å². The summed E-state index contributed by atoms with van der Waals surface area (Å²) in [7, 11) is 0. The average molecular weight is 276 g/mol. The molecule has 0 saturated carbocycles. The SMILES string of the molecule is CC(C)O.CC(C)O.O=C(O)c1ccc(C(=O)O)o1. The summed E-state index contributed by atoms with van der Waals surface area (Å²) in [6, 6.07) is 2.18. The molecule has 19 heavy (non-hydrogen) atoms. The van der Waals surface area contributed by atoms with Crippen LogP contribution in [-0.4, -0.2) is 44.6 Å². The minimum absolute atomic E-state index is 0.167. The van der Waals surface area contributed by atoms with Crippen molar-refractivity contribution in [2.75, 3.05) is 0 Å². The number of carbonyl (C=O) groups is 2. The monoisotopic (exact) mass is 276 g/mol. The number of carboxylic acids is 2. The topological polar surface area (TPSA) is 128 Å². The van der Waals surface area contributed by atoms with Crippen LogP contribution in [0.3, 0.4) is 0 Å². The predicted octanol–water partition coefficient (Wildman–Crippen LogP) is 1.45. The first-order chi connectivity index (χ1) is 8.57. The zero-order chi connectivity index (χ0) is 15.6. The van der Waals surface area contributed by atoms with E-state index in [0.29, 0.717) is 0 Å². The quantitative estimate of drug-likeness (QED) is 0.643. The fourth-order valence-electron chi connectivity index (χ4n) is 0.568. The normalized spacial score (nSPS) is 9.26. The first-order valence-corrected chi connectivity index (χ1v) is 5.50. The van der Waals surface area contributed by atoms with Crippen molar-refractivity contribution in [1.29, 1.82) is 0 Å². The van der Waals surface area contributed by atoms with Gasteiger partial charge in [-0.25, -0.2) is 9.59 Å². The number of hydrogen-bond acceptors (Lipinski definition) is 5. The summed E-state index contributed by atoms with van der Waals surface area (Å²) >= 11 is 0. The van der Waals surface area contributed by atoms with Crippen molar-refractivity contribution in [1.82, 2.24) is 0 Å². The number of aliphatic hydroxyl groups excluding tert-OH is 2. The summed E-state index contributed by atoms with van der Waals surface area (Å²) in [6.07, 6.45) is -0.333. The molecule has 0 spiro atoms. The smallest absolute Gasteiger partial charge is 0.371 e. The van der Waals surface area contributed by atoms with Crippen LogP contribution in [0.1, 0.15) is 48.8 Å². The summed E-state index contributed by atoms with van der Waals surface area (Å²) in [4.78, 5) is 20.3. The number of aromatic carboxylic acids is 2. The molecule has 7 nitrogen and oxygen atoms in total. The minimum Gasteiger partial charge on any atom is -0.475 e. The molecule has 0 atom stereocenters. The zero-order valence-electron chi connectivity index (χ0n) is 11.3. The van der Waals surface area contributed by atoms with Crippen molar-refractivity contribution in [3.8, 4) is 0 Å². The molecule has 7 heteroatoms. The van der Waals surface area contributed by atoms with Crippen LogP contribution >= 0.6 is 0 Å². The van der Waals surface area contributed by atoms with E-state index in [4.69, 9.17) is 20.4 Å². The van der Waals surface area contributed by atoms with Crippen LogP contribution in [0.15, 0.2) is 16.5 Å². The molecule has 0 aliphatic carbocycles. The molecular weight excluding hydrogens is 256 g/mol. The van der Waals surface area contributed by atoms with Gasteiger partial charge in [0.25, 0.3) is 0 Å². The first-order valence-electron chi connectivity index (χ1n) is 5.50. The molecule has 0 amide bonds. The molecule has 110 valence electrons. The molecule has 0 saturated heterocycles. The van der Waals surface area contributed by atoms with E-state index >= 15 is 0 Å². The second-order valence-electron chi connectivity index (χ2n) is 3.96. The maximum Gasteiger partial charge on any atom is 0.371 e. The Balaban J connectivity index is 0. The molecule has 0 aliphatic heterocycles. The van der Waals surface area contributed by atoms with Gasteiger partial charge in [-0.2, -0.15) is 0 Å². The van der Waals surface area contributed by atoms with Crippen LogP contribution < -0.4 is 0 Å². The molecule has 1 aromatic heterocycles. The van der Waals surface area contributed by atoms with Gasteiger partial charge in [0.15, 0.2) is 0 Å². The van der Waals surface area contributed by atoms with Gasteiger partial charge in [0.2, 0.25) is 11.5 Å². The van der Waals surface area contributed by atoms with Crippen LogP contribution in [-0.2, 0) is 0 Å². The van der Waals surface area contributed by atoms with Gasteiger partial charge in [0, 0.05) is 12.2 Å². The third-order valence-electron chi connectivity index (χ3n) is 1.03. The van der Waals surface area contributed by atoms with Crippen molar-refractivity contribution < 1.29 is 34.4 Å². The number of furan rings is 1. The van der Waals surface area contributed by atoms with Gasteiger partial charge in [0.1, 0.15) is 0 Å². The molecule has 0 aromatic carbocycles. The third kappa shape index (κ3) is 14.1. The molecular formula is C12H20O7. The number of aliphatic hydroxyl groups is 2. The Morgan fingerprint density at radius 3 is 1.21 bits per heavy atom. The number of rotatable bonds is 2. The van der Waals surface area contributed by atoms with Gasteiger partial charge in [-0.15, -0.1) is 0 Å². The number of carboxylic acid groups (broad SMARTS) is 2. The number of hydrogen-bond donors (Lipinski definition) is 4. The lowest BCUT2D eigenvalue weighted by molar-refractivity contribution is 0.0631. The highest BCUT2D eigenvalue weighted by atomic mass is 16.4. The highest BCUT2D eigenvalue weighted by Gasteiger charge is 2.12. The lowest BCUT2D eigenvalue weighted by Gasteiger charge is -1.84. The van der Waals surface area contributed by atoms with E-state index in [1.165, 1.54) is 0 Å². The Labute approximate surface area is 111 Å². The molecule has 0 bridgehead atoms. The summed E-state index contributed by atoms with van der Waals surface area (Å²) < 4.78 is 4.41. The molecule has 0 aliphatic rings. The lowest BCUT2D eigenvalue weighted by atomic mass is 10.4. The van der Waals surface area contributed by atoms with E-state index in [1.807, 2.05) is 0 Å². The molecule has 1 rings (SSSR count). The summed E-state index contributed by atoms with van der Waals surface area (Å²) in [6.45, 7) is 6.89. The van der Waals surface area contributed by atoms with E-state index in [-0.39, 0.29) is 23.7 Å². The van der Waals surface area contributed by atoms with Gasteiger partial charge in [-0.05, 0) is 39.8 Å². The van der Waals surface area contributed by atoms with Crippen molar-refractivity contribution >= 4 is 11.9 Å². The molecule has 1 heterocycles. The van der Waals surface area contributed by atoms with E-state index in [0.717, 1.165) is 12.1 Å². The second kappa shape index (κ2) is 10.1. The minimum atomic E-state index is -1.28. The van der Waals surface area contributed by atoms with E-state index in [9.17, 15) is 9.59 Å². The highest BCUT2D eigenvalue weighted by molar-refractivity contribution is 5.88. The Hall–Kier alpha value is -1.86. The predicted molar refractivity (Wildman–Crippen MR) is 67.3 cm³/mol. The highest BCUT2D eigenvalue weighted by Crippen LogP contribution is 2.06. The fourth-order valence-corrected chi connectivity index (χ4v) is 0.568. The second-order valence-corrected chi connectivity index (χ2v) is 3.96. The molecule has 4 N–H and O–H groups in total. The Bertz CT molecular complexity index is 339. The summed E-state index contributed by atoms with van der Waals surface area (Å²) in [5, 5.41) is 32.7. The first kappa shape index (κ1) is 19.5. The van der Waals surface area contributed by atoms with Crippen molar-refractivity contribution in [2.45, 2.75) is 39.9 Å². The Morgan fingerprint density at radius 1 is 0.895 bits per heavy atom. The Kier molecular flexibility index (Phi) is 10.4. The van der Waals surface area contributed by atoms with Crippen LogP contribution in [0.2, 0.25) is 0 Å². The fraction of sp³-hybridized carbons (Fsp3) is 0.500. The molecule has 0 fully saturated rings. The van der Waals surface area contributed by atoms with Crippen molar-refractivity contribution in [3.05, 3.63) is 23.7 Å². The summed E-state index contributed by atoms with van der Waals surface area (Å²) in [5.41, 5.74) is 0.